The Balaban J connectivity index is 1.47. The molecular weight excluding hydrogens is 588 g/mol. The van der Waals surface area contributed by atoms with Crippen molar-refractivity contribution in [3.05, 3.63) is 54.9 Å². The van der Waals surface area contributed by atoms with E-state index >= 15 is 0 Å². The highest BCUT2D eigenvalue weighted by molar-refractivity contribution is 7.14. The molecule has 3 heterocycles. The highest BCUT2D eigenvalue weighted by Crippen LogP contribution is 2.50. The summed E-state index contributed by atoms with van der Waals surface area (Å²) in [6.07, 6.45) is -11.7. The molecule has 1 unspecified atom stereocenters. The molecular formula is C20H12Cl2F9N3O2S. The third kappa shape index (κ3) is 4.92. The van der Waals surface area contributed by atoms with Gasteiger partial charge in [-0.25, -0.2) is 4.39 Å². The lowest BCUT2D eigenvalue weighted by atomic mass is 9.89. The third-order valence-corrected chi connectivity index (χ3v) is 7.40. The van der Waals surface area contributed by atoms with Gasteiger partial charge in [-0.1, -0.05) is 28.4 Å². The number of amides is 1. The van der Waals surface area contributed by atoms with Crippen LogP contribution in [-0.2, 0) is 23.5 Å². The average Bonchev–Trinajstić information content (AvgIpc) is 3.47. The maximum Gasteiger partial charge on any atom is 0.455 e. The molecule has 0 aliphatic carbocycles. The van der Waals surface area contributed by atoms with Crippen LogP contribution in [0.4, 0.5) is 39.5 Å². The number of carbonyl (C=O) groups excluding carboxylic acids is 1. The monoisotopic (exact) mass is 599 g/mol. The SMILES string of the molecule is O=C(NCC(F)(F)C(F)(F)F)c1cc2c(s1)CN(C1=NOC(c3cc(Cl)c(F)c(Cl)c3)(C(F)(F)F)C1)C2. The van der Waals surface area contributed by atoms with E-state index < -0.39 is 64.2 Å². The molecule has 0 fully saturated rings. The Kier molecular flexibility index (Phi) is 6.81. The van der Waals surface area contributed by atoms with Crippen molar-refractivity contribution in [1.82, 2.24) is 10.2 Å². The maximum absolute atomic E-state index is 14.1. The minimum Gasteiger partial charge on any atom is -0.372 e. The van der Waals surface area contributed by atoms with Gasteiger partial charge in [0.05, 0.1) is 34.4 Å². The van der Waals surface area contributed by atoms with Crippen molar-refractivity contribution in [2.24, 2.45) is 5.16 Å². The molecule has 0 saturated heterocycles. The lowest BCUT2D eigenvalue weighted by Gasteiger charge is -2.30. The van der Waals surface area contributed by atoms with Gasteiger partial charge in [0.2, 0.25) is 0 Å². The van der Waals surface area contributed by atoms with Crippen LogP contribution in [0.3, 0.4) is 0 Å². The molecule has 0 saturated carbocycles. The molecule has 0 spiro atoms. The molecule has 4 rings (SSSR count). The van der Waals surface area contributed by atoms with Gasteiger partial charge in [0.15, 0.2) is 5.82 Å². The summed E-state index contributed by atoms with van der Waals surface area (Å²) >= 11 is 12.1. The van der Waals surface area contributed by atoms with Crippen LogP contribution >= 0.6 is 34.5 Å². The predicted octanol–water partition coefficient (Wildman–Crippen LogP) is 6.63. The molecule has 0 radical (unpaired) electrons. The summed E-state index contributed by atoms with van der Waals surface area (Å²) in [5.74, 6) is -7.51. The quantitative estimate of drug-likeness (QED) is 0.317. The number of carbonyl (C=O) groups is 1. The van der Waals surface area contributed by atoms with Crippen molar-refractivity contribution in [2.45, 2.75) is 43.4 Å². The summed E-state index contributed by atoms with van der Waals surface area (Å²) in [6.45, 7) is -2.03. The molecule has 2 aliphatic rings. The fourth-order valence-corrected chi connectivity index (χ4v) is 5.28. The van der Waals surface area contributed by atoms with E-state index in [1.165, 1.54) is 16.3 Å². The molecule has 1 N–H and O–H groups in total. The van der Waals surface area contributed by atoms with Crippen LogP contribution in [0.15, 0.2) is 23.4 Å². The number of fused-ring (bicyclic) bond motifs is 1. The number of rotatable bonds is 4. The Bertz CT molecular complexity index is 1230. The second-order valence-electron chi connectivity index (χ2n) is 8.15. The number of hydrogen-bond acceptors (Lipinski definition) is 5. The van der Waals surface area contributed by atoms with Gasteiger partial charge < -0.3 is 15.1 Å². The molecule has 1 atom stereocenters. The molecule has 1 aromatic heterocycles. The lowest BCUT2D eigenvalue weighted by Crippen LogP contribution is -2.46. The van der Waals surface area contributed by atoms with E-state index in [1.54, 1.807) is 0 Å². The number of nitrogens with one attached hydrogen (secondary N) is 1. The van der Waals surface area contributed by atoms with Crippen LogP contribution in [0.2, 0.25) is 10.0 Å². The second kappa shape index (κ2) is 9.12. The summed E-state index contributed by atoms with van der Waals surface area (Å²) in [5, 5.41) is 3.81. The van der Waals surface area contributed by atoms with Crippen LogP contribution in [-0.4, -0.2) is 41.5 Å². The van der Waals surface area contributed by atoms with Crippen molar-refractivity contribution >= 4 is 46.3 Å². The fourth-order valence-electron chi connectivity index (χ4n) is 3.69. The van der Waals surface area contributed by atoms with E-state index in [9.17, 15) is 44.3 Å². The van der Waals surface area contributed by atoms with Crippen molar-refractivity contribution in [3.8, 4) is 0 Å². The number of thiophene rings is 1. The van der Waals surface area contributed by atoms with Crippen molar-refractivity contribution in [3.63, 3.8) is 0 Å². The number of halogens is 11. The zero-order valence-electron chi connectivity index (χ0n) is 17.8. The van der Waals surface area contributed by atoms with Crippen molar-refractivity contribution in [1.29, 1.82) is 0 Å². The summed E-state index contributed by atoms with van der Waals surface area (Å²) in [7, 11) is 0. The van der Waals surface area contributed by atoms with Crippen LogP contribution in [0.5, 0.6) is 0 Å². The molecule has 202 valence electrons. The minimum atomic E-state index is -5.84. The molecule has 5 nitrogen and oxygen atoms in total. The van der Waals surface area contributed by atoms with Gasteiger partial charge in [0.25, 0.3) is 11.5 Å². The zero-order chi connectivity index (χ0) is 27.6. The van der Waals surface area contributed by atoms with Crippen molar-refractivity contribution in [2.75, 3.05) is 6.54 Å². The van der Waals surface area contributed by atoms with Gasteiger partial charge in [-0.15, -0.1) is 11.3 Å². The highest BCUT2D eigenvalue weighted by Gasteiger charge is 2.63. The Morgan fingerprint density at radius 2 is 1.70 bits per heavy atom. The summed E-state index contributed by atoms with van der Waals surface area (Å²) in [4.78, 5) is 18.6. The zero-order valence-corrected chi connectivity index (χ0v) is 20.2. The first-order valence-electron chi connectivity index (χ1n) is 10.0. The van der Waals surface area contributed by atoms with Crippen LogP contribution in [0.1, 0.15) is 32.1 Å². The molecule has 2 aromatic rings. The highest BCUT2D eigenvalue weighted by atomic mass is 35.5. The fraction of sp³-hybridized carbons (Fsp3) is 0.400. The molecule has 1 amide bonds. The Hall–Kier alpha value is -2.39. The number of alkyl halides is 8. The third-order valence-electron chi connectivity index (χ3n) is 5.69. The van der Waals surface area contributed by atoms with E-state index in [0.29, 0.717) is 10.4 Å². The van der Waals surface area contributed by atoms with Crippen LogP contribution in [0, 0.1) is 5.82 Å². The van der Waals surface area contributed by atoms with Crippen molar-refractivity contribution < 1.29 is 49.1 Å². The van der Waals surface area contributed by atoms with Gasteiger partial charge in [-0.05, 0) is 23.8 Å². The van der Waals surface area contributed by atoms with Gasteiger partial charge >= 0.3 is 18.3 Å². The summed E-state index contributed by atoms with van der Waals surface area (Å²) in [5.41, 5.74) is -3.13. The largest absolute Gasteiger partial charge is 0.455 e. The number of hydrogen-bond donors (Lipinski definition) is 1. The summed E-state index contributed by atoms with van der Waals surface area (Å²) in [6, 6.07) is 2.72. The first kappa shape index (κ1) is 27.6. The topological polar surface area (TPSA) is 53.9 Å². The first-order valence-corrected chi connectivity index (χ1v) is 11.6. The van der Waals surface area contributed by atoms with Gasteiger partial charge in [0.1, 0.15) is 5.84 Å². The Morgan fingerprint density at radius 3 is 2.24 bits per heavy atom. The standard InChI is InChI=1S/C20H12Cl2F9N3O2S/c21-10-2-9(3-11(22)15(10)23)17(19(26,27)28)4-14(33-36-17)34-5-8-1-12(37-13(8)6-34)16(35)32-7-18(24,25)20(29,30)31/h1-3H,4-7H2,(H,32,35). The smallest absolute Gasteiger partial charge is 0.372 e. The number of benzene rings is 1. The minimum absolute atomic E-state index is 0.0347. The number of amidine groups is 1. The Labute approximate surface area is 215 Å². The van der Waals surface area contributed by atoms with Gasteiger partial charge in [0, 0.05) is 17.0 Å². The first-order chi connectivity index (χ1) is 16.9. The van der Waals surface area contributed by atoms with Gasteiger partial charge in [-0.2, -0.15) is 35.1 Å². The van der Waals surface area contributed by atoms with Crippen LogP contribution in [0.25, 0.3) is 0 Å². The van der Waals surface area contributed by atoms with E-state index in [-0.39, 0.29) is 23.8 Å². The maximum atomic E-state index is 14.1. The van der Waals surface area contributed by atoms with E-state index in [4.69, 9.17) is 28.0 Å². The molecule has 37 heavy (non-hydrogen) atoms. The molecule has 17 heteroatoms. The normalized spacial score (nSPS) is 20.1. The van der Waals surface area contributed by atoms with E-state index in [1.807, 2.05) is 0 Å². The van der Waals surface area contributed by atoms with E-state index in [0.717, 1.165) is 23.5 Å². The van der Waals surface area contributed by atoms with E-state index in [2.05, 4.69) is 5.16 Å². The number of nitrogens with zero attached hydrogens (tertiary/aromatic N) is 2. The molecule has 1 aromatic carbocycles. The van der Waals surface area contributed by atoms with Crippen LogP contribution < -0.4 is 5.32 Å². The molecule has 2 aliphatic heterocycles. The number of oxime groups is 1. The summed E-state index contributed by atoms with van der Waals surface area (Å²) < 4.78 is 119. The lowest BCUT2D eigenvalue weighted by molar-refractivity contribution is -0.278. The van der Waals surface area contributed by atoms with Gasteiger partial charge in [-0.3, -0.25) is 4.79 Å². The second-order valence-corrected chi connectivity index (χ2v) is 10.1. The Morgan fingerprint density at radius 1 is 1.08 bits per heavy atom. The average molecular weight is 600 g/mol. The molecule has 0 bridgehead atoms. The predicted molar refractivity (Wildman–Crippen MR) is 114 cm³/mol.